The topological polar surface area (TPSA) is 92.4 Å². The fourth-order valence-corrected chi connectivity index (χ4v) is 1.94. The monoisotopic (exact) mass is 230 g/mol. The molecule has 0 unspecified atom stereocenters. The largest absolute Gasteiger partial charge is 0.398 e. The molecule has 0 amide bonds. The summed E-state index contributed by atoms with van der Waals surface area (Å²) in [6.45, 7) is 4.36. The van der Waals surface area contributed by atoms with Crippen LogP contribution in [-0.2, 0) is 10.1 Å². The van der Waals surface area contributed by atoms with Crippen molar-refractivity contribution >= 4 is 21.5 Å². The summed E-state index contributed by atoms with van der Waals surface area (Å²) in [6.07, 6.45) is 0. The lowest BCUT2D eigenvalue weighted by atomic mass is 10.2. The van der Waals surface area contributed by atoms with Crippen molar-refractivity contribution in [1.29, 1.82) is 0 Å². The molecule has 0 heterocycles. The van der Waals surface area contributed by atoms with Crippen molar-refractivity contribution in [2.75, 3.05) is 17.6 Å². The zero-order chi connectivity index (χ0) is 11.6. The van der Waals surface area contributed by atoms with E-state index in [1.807, 2.05) is 13.8 Å². The average Bonchev–Trinajstić information content (AvgIpc) is 2.07. The van der Waals surface area contributed by atoms with Crippen molar-refractivity contribution in [1.82, 2.24) is 0 Å². The molecule has 0 saturated carbocycles. The number of benzene rings is 1. The molecule has 0 aliphatic heterocycles. The molecule has 0 aromatic heterocycles. The molecular formula is C9H14N2O3S. The Morgan fingerprint density at radius 3 is 2.53 bits per heavy atom. The third-order valence-corrected chi connectivity index (χ3v) is 2.91. The molecule has 0 radical (unpaired) electrons. The Bertz CT molecular complexity index is 468. The minimum atomic E-state index is -4.26. The molecule has 0 atom stereocenters. The van der Waals surface area contributed by atoms with Crippen molar-refractivity contribution in [2.24, 2.45) is 0 Å². The summed E-state index contributed by atoms with van der Waals surface area (Å²) in [6, 6.07) is 2.85. The van der Waals surface area contributed by atoms with Crippen LogP contribution in [0.3, 0.4) is 0 Å². The molecule has 4 N–H and O–H groups in total. The van der Waals surface area contributed by atoms with Crippen LogP contribution in [0.25, 0.3) is 0 Å². The minimum absolute atomic E-state index is 0.0525. The first-order valence-electron chi connectivity index (χ1n) is 4.47. The van der Waals surface area contributed by atoms with Gasteiger partial charge in [0.25, 0.3) is 10.1 Å². The highest BCUT2D eigenvalue weighted by Gasteiger charge is 2.15. The van der Waals surface area contributed by atoms with E-state index < -0.39 is 10.1 Å². The van der Waals surface area contributed by atoms with Crippen molar-refractivity contribution in [2.45, 2.75) is 18.7 Å². The molecule has 1 rings (SSSR count). The van der Waals surface area contributed by atoms with Gasteiger partial charge in [-0.15, -0.1) is 0 Å². The van der Waals surface area contributed by atoms with Gasteiger partial charge in [-0.1, -0.05) is 0 Å². The van der Waals surface area contributed by atoms with Gasteiger partial charge in [-0.05, 0) is 31.5 Å². The first-order chi connectivity index (χ1) is 6.86. The number of hydrogen-bond acceptors (Lipinski definition) is 4. The molecule has 1 aromatic carbocycles. The Morgan fingerprint density at radius 1 is 1.47 bits per heavy atom. The molecule has 6 heteroatoms. The Kier molecular flexibility index (Phi) is 3.21. The summed E-state index contributed by atoms with van der Waals surface area (Å²) in [5.41, 5.74) is 7.05. The second-order valence-corrected chi connectivity index (χ2v) is 4.60. The summed E-state index contributed by atoms with van der Waals surface area (Å²) in [4.78, 5) is -0.260. The van der Waals surface area contributed by atoms with Crippen LogP contribution in [0.2, 0.25) is 0 Å². The second-order valence-electron chi connectivity index (χ2n) is 3.21. The lowest BCUT2D eigenvalue weighted by molar-refractivity contribution is 0.483. The first kappa shape index (κ1) is 11.8. The lowest BCUT2D eigenvalue weighted by Crippen LogP contribution is -2.06. The summed E-state index contributed by atoms with van der Waals surface area (Å²) < 4.78 is 30.9. The van der Waals surface area contributed by atoms with Gasteiger partial charge >= 0.3 is 0 Å². The molecule has 0 fully saturated rings. The Balaban J connectivity index is 3.36. The van der Waals surface area contributed by atoms with Crippen LogP contribution in [0.15, 0.2) is 17.0 Å². The predicted octanol–water partition coefficient (Wildman–Crippen LogP) is 1.26. The fourth-order valence-electron chi connectivity index (χ4n) is 1.31. The number of aryl methyl sites for hydroxylation is 1. The maximum Gasteiger partial charge on any atom is 0.296 e. The van der Waals surface area contributed by atoms with Gasteiger partial charge in [0.15, 0.2) is 0 Å². The van der Waals surface area contributed by atoms with Gasteiger partial charge in [-0.25, -0.2) is 0 Å². The van der Waals surface area contributed by atoms with E-state index in [4.69, 9.17) is 10.3 Å². The SMILES string of the molecule is CCNc1cc(S(=O)(=O)O)c(N)cc1C. The van der Waals surface area contributed by atoms with E-state index in [0.717, 1.165) is 5.56 Å². The van der Waals surface area contributed by atoms with E-state index in [-0.39, 0.29) is 10.6 Å². The van der Waals surface area contributed by atoms with Crippen LogP contribution in [0.4, 0.5) is 11.4 Å². The van der Waals surface area contributed by atoms with Gasteiger partial charge in [0.2, 0.25) is 0 Å². The van der Waals surface area contributed by atoms with Crippen LogP contribution in [0, 0.1) is 6.92 Å². The van der Waals surface area contributed by atoms with Gasteiger partial charge in [0.1, 0.15) is 4.90 Å². The van der Waals surface area contributed by atoms with E-state index >= 15 is 0 Å². The molecule has 84 valence electrons. The third kappa shape index (κ3) is 2.60. The molecule has 0 aliphatic carbocycles. The number of hydrogen-bond donors (Lipinski definition) is 3. The van der Waals surface area contributed by atoms with E-state index in [0.29, 0.717) is 12.2 Å². The maximum absolute atomic E-state index is 11.0. The second kappa shape index (κ2) is 4.08. The van der Waals surface area contributed by atoms with E-state index in [1.165, 1.54) is 12.1 Å². The van der Waals surface area contributed by atoms with Crippen molar-refractivity contribution in [3.63, 3.8) is 0 Å². The highest BCUT2D eigenvalue weighted by molar-refractivity contribution is 7.86. The maximum atomic E-state index is 11.0. The van der Waals surface area contributed by atoms with E-state index in [2.05, 4.69) is 5.32 Å². The van der Waals surface area contributed by atoms with Crippen LogP contribution in [0.1, 0.15) is 12.5 Å². The molecule has 15 heavy (non-hydrogen) atoms. The molecule has 0 saturated heterocycles. The standard InChI is InChI=1S/C9H14N2O3S/c1-3-11-8-5-9(15(12,13)14)7(10)4-6(8)2/h4-5,11H,3,10H2,1-2H3,(H,12,13,14). The Labute approximate surface area is 89.0 Å². The average molecular weight is 230 g/mol. The summed E-state index contributed by atoms with van der Waals surface area (Å²) in [5, 5.41) is 2.98. The highest BCUT2D eigenvalue weighted by atomic mass is 32.2. The molecule has 0 aliphatic rings. The van der Waals surface area contributed by atoms with Gasteiger partial charge in [0.05, 0.1) is 5.69 Å². The summed E-state index contributed by atoms with van der Waals surface area (Å²) in [7, 11) is -4.26. The van der Waals surface area contributed by atoms with E-state index in [9.17, 15) is 8.42 Å². The predicted molar refractivity (Wildman–Crippen MR) is 59.6 cm³/mol. The first-order valence-corrected chi connectivity index (χ1v) is 5.91. The number of nitrogens with two attached hydrogens (primary N) is 1. The highest BCUT2D eigenvalue weighted by Crippen LogP contribution is 2.26. The zero-order valence-electron chi connectivity index (χ0n) is 8.61. The van der Waals surface area contributed by atoms with Gasteiger partial charge in [0, 0.05) is 12.2 Å². The van der Waals surface area contributed by atoms with Crippen molar-refractivity contribution in [3.8, 4) is 0 Å². The summed E-state index contributed by atoms with van der Waals surface area (Å²) in [5.74, 6) is 0. The van der Waals surface area contributed by atoms with Crippen LogP contribution in [-0.4, -0.2) is 19.5 Å². The van der Waals surface area contributed by atoms with Crippen LogP contribution < -0.4 is 11.1 Å². The zero-order valence-corrected chi connectivity index (χ0v) is 9.43. The fraction of sp³-hybridized carbons (Fsp3) is 0.333. The lowest BCUT2D eigenvalue weighted by Gasteiger charge is -2.10. The number of nitrogens with one attached hydrogen (secondary N) is 1. The summed E-state index contributed by atoms with van der Waals surface area (Å²) >= 11 is 0. The van der Waals surface area contributed by atoms with Crippen LogP contribution >= 0.6 is 0 Å². The quantitative estimate of drug-likeness (QED) is 0.537. The van der Waals surface area contributed by atoms with Crippen molar-refractivity contribution in [3.05, 3.63) is 17.7 Å². The van der Waals surface area contributed by atoms with Gasteiger partial charge in [-0.2, -0.15) is 8.42 Å². The Morgan fingerprint density at radius 2 is 2.07 bits per heavy atom. The number of anilines is 2. The van der Waals surface area contributed by atoms with E-state index in [1.54, 1.807) is 0 Å². The molecule has 1 aromatic rings. The smallest absolute Gasteiger partial charge is 0.296 e. The molecular weight excluding hydrogens is 216 g/mol. The van der Waals surface area contributed by atoms with Crippen molar-refractivity contribution < 1.29 is 13.0 Å². The third-order valence-electron chi connectivity index (χ3n) is 2.00. The molecule has 0 bridgehead atoms. The number of rotatable bonds is 3. The normalized spacial score (nSPS) is 11.4. The minimum Gasteiger partial charge on any atom is -0.398 e. The number of nitrogen functional groups attached to an aromatic ring is 1. The van der Waals surface area contributed by atoms with Crippen LogP contribution in [0.5, 0.6) is 0 Å². The van der Waals surface area contributed by atoms with Gasteiger partial charge < -0.3 is 11.1 Å². The Hall–Kier alpha value is -1.27. The molecule has 5 nitrogen and oxygen atoms in total. The van der Waals surface area contributed by atoms with Gasteiger partial charge in [-0.3, -0.25) is 4.55 Å². The molecule has 0 spiro atoms.